The molecule has 0 fully saturated rings. The molecular weight excluding hydrogens is 290 g/mol. The second kappa shape index (κ2) is 7.15. The van der Waals surface area contributed by atoms with Crippen molar-refractivity contribution in [3.63, 3.8) is 0 Å². The summed E-state index contributed by atoms with van der Waals surface area (Å²) in [5.74, 6) is 0.992. The molecule has 1 atom stereocenters. The first-order chi connectivity index (χ1) is 10.1. The van der Waals surface area contributed by atoms with E-state index in [0.29, 0.717) is 17.1 Å². The van der Waals surface area contributed by atoms with Crippen molar-refractivity contribution in [1.29, 1.82) is 0 Å². The first-order valence-electron chi connectivity index (χ1n) is 6.62. The zero-order chi connectivity index (χ0) is 15.2. The van der Waals surface area contributed by atoms with Gasteiger partial charge in [-0.3, -0.25) is 0 Å². The van der Waals surface area contributed by atoms with Crippen LogP contribution in [0.15, 0.2) is 46.2 Å². The van der Waals surface area contributed by atoms with Crippen LogP contribution in [-0.2, 0) is 13.0 Å². The van der Waals surface area contributed by atoms with Crippen molar-refractivity contribution in [2.75, 3.05) is 0 Å². The third-order valence-corrected chi connectivity index (χ3v) is 3.54. The summed E-state index contributed by atoms with van der Waals surface area (Å²) in [7, 11) is 0. The van der Waals surface area contributed by atoms with E-state index >= 15 is 0 Å². The van der Waals surface area contributed by atoms with Gasteiger partial charge in [0, 0.05) is 29.6 Å². The van der Waals surface area contributed by atoms with Crippen LogP contribution in [0.1, 0.15) is 23.8 Å². The van der Waals surface area contributed by atoms with Crippen LogP contribution in [0.2, 0.25) is 5.02 Å². The van der Waals surface area contributed by atoms with E-state index in [0.717, 1.165) is 17.7 Å². The summed E-state index contributed by atoms with van der Waals surface area (Å²) < 4.78 is 5.32. The third-order valence-electron chi connectivity index (χ3n) is 3.19. The number of benzene rings is 1. The minimum Gasteiger partial charge on any atom is -0.469 e. The molecule has 4 N–H and O–H groups in total. The summed E-state index contributed by atoms with van der Waals surface area (Å²) in [6.45, 7) is 2.72. The molecule has 0 spiro atoms. The number of furan rings is 1. The van der Waals surface area contributed by atoms with E-state index < -0.39 is 0 Å². The Morgan fingerprint density at radius 2 is 2.29 bits per heavy atom. The maximum atomic E-state index is 8.65. The lowest BCUT2D eigenvalue weighted by Gasteiger charge is -2.13. The zero-order valence-corrected chi connectivity index (χ0v) is 12.5. The Bertz CT molecular complexity index is 611. The molecule has 0 amide bonds. The summed E-state index contributed by atoms with van der Waals surface area (Å²) in [6.07, 6.45) is 2.48. The largest absolute Gasteiger partial charge is 0.469 e. The van der Waals surface area contributed by atoms with E-state index in [9.17, 15) is 0 Å². The molecule has 112 valence electrons. The maximum absolute atomic E-state index is 8.65. The fraction of sp³-hybridized carbons (Fsp3) is 0.267. The molecule has 5 nitrogen and oxygen atoms in total. The molecule has 2 rings (SSSR count). The quantitative estimate of drug-likeness (QED) is 0.331. The van der Waals surface area contributed by atoms with Gasteiger partial charge in [0.1, 0.15) is 5.76 Å². The number of hydrogen-bond acceptors (Lipinski definition) is 4. The second-order valence-corrected chi connectivity index (χ2v) is 5.26. The van der Waals surface area contributed by atoms with E-state index in [4.69, 9.17) is 27.0 Å². The van der Waals surface area contributed by atoms with E-state index in [1.165, 1.54) is 0 Å². The van der Waals surface area contributed by atoms with Crippen molar-refractivity contribution in [3.05, 3.63) is 58.5 Å². The molecule has 0 aliphatic rings. The molecule has 0 radical (unpaired) electrons. The van der Waals surface area contributed by atoms with E-state index in [-0.39, 0.29) is 11.9 Å². The van der Waals surface area contributed by atoms with Gasteiger partial charge in [-0.15, -0.1) is 0 Å². The van der Waals surface area contributed by atoms with Gasteiger partial charge in [-0.1, -0.05) is 28.9 Å². The first kappa shape index (κ1) is 15.4. The van der Waals surface area contributed by atoms with Gasteiger partial charge in [-0.05, 0) is 30.7 Å². The molecule has 2 aromatic rings. The average Bonchev–Trinajstić information content (AvgIpc) is 2.98. The van der Waals surface area contributed by atoms with Gasteiger partial charge in [0.15, 0.2) is 5.84 Å². The molecule has 1 aromatic heterocycles. The number of halogens is 1. The summed E-state index contributed by atoms with van der Waals surface area (Å²) >= 11 is 6.21. The molecule has 1 unspecified atom stereocenters. The smallest absolute Gasteiger partial charge is 0.170 e. The van der Waals surface area contributed by atoms with Crippen LogP contribution in [0.25, 0.3) is 0 Å². The molecule has 6 heteroatoms. The molecule has 1 aromatic carbocycles. The average molecular weight is 308 g/mol. The third kappa shape index (κ3) is 4.24. The minimum atomic E-state index is 0.0441. The lowest BCUT2D eigenvalue weighted by molar-refractivity contribution is 0.318. The van der Waals surface area contributed by atoms with Gasteiger partial charge < -0.3 is 20.7 Å². The second-order valence-electron chi connectivity index (χ2n) is 4.86. The van der Waals surface area contributed by atoms with E-state index in [2.05, 4.69) is 17.4 Å². The molecule has 0 saturated carbocycles. The van der Waals surface area contributed by atoms with Crippen LogP contribution in [0.5, 0.6) is 0 Å². The van der Waals surface area contributed by atoms with Crippen LogP contribution in [-0.4, -0.2) is 17.1 Å². The van der Waals surface area contributed by atoms with Crippen molar-refractivity contribution >= 4 is 17.4 Å². The highest BCUT2D eigenvalue weighted by Crippen LogP contribution is 2.18. The number of hydrogen-bond donors (Lipinski definition) is 3. The van der Waals surface area contributed by atoms with Crippen LogP contribution < -0.4 is 11.1 Å². The Morgan fingerprint density at radius 3 is 2.90 bits per heavy atom. The fourth-order valence-corrected chi connectivity index (χ4v) is 2.24. The Morgan fingerprint density at radius 1 is 1.48 bits per heavy atom. The predicted octanol–water partition coefficient (Wildman–Crippen LogP) is 2.75. The van der Waals surface area contributed by atoms with Gasteiger partial charge >= 0.3 is 0 Å². The topological polar surface area (TPSA) is 83.8 Å². The van der Waals surface area contributed by atoms with Crippen LogP contribution >= 0.6 is 11.6 Å². The fourth-order valence-electron chi connectivity index (χ4n) is 1.99. The Balaban J connectivity index is 1.94. The monoisotopic (exact) mass is 307 g/mol. The Kier molecular flexibility index (Phi) is 5.25. The van der Waals surface area contributed by atoms with Crippen LogP contribution in [0.3, 0.4) is 0 Å². The van der Waals surface area contributed by atoms with Gasteiger partial charge in [-0.25, -0.2) is 0 Å². The normalized spacial score (nSPS) is 13.3. The highest BCUT2D eigenvalue weighted by atomic mass is 35.5. The lowest BCUT2D eigenvalue weighted by atomic mass is 10.1. The number of oxime groups is 1. The molecular formula is C15H18ClN3O2. The highest BCUT2D eigenvalue weighted by Gasteiger charge is 2.08. The van der Waals surface area contributed by atoms with Crippen LogP contribution in [0.4, 0.5) is 0 Å². The van der Waals surface area contributed by atoms with Crippen molar-refractivity contribution in [1.82, 2.24) is 5.32 Å². The minimum absolute atomic E-state index is 0.0441. The van der Waals surface area contributed by atoms with E-state index in [1.807, 2.05) is 18.2 Å². The SMILES string of the molecule is CC(Cc1ccco1)NCc1ccc(/C(N)=N/O)cc1Cl. The number of amidine groups is 1. The zero-order valence-electron chi connectivity index (χ0n) is 11.7. The summed E-state index contributed by atoms with van der Waals surface area (Å²) in [4.78, 5) is 0. The van der Waals surface area contributed by atoms with Crippen molar-refractivity contribution in [2.24, 2.45) is 10.9 Å². The lowest BCUT2D eigenvalue weighted by Crippen LogP contribution is -2.27. The molecule has 21 heavy (non-hydrogen) atoms. The molecule has 0 aliphatic carbocycles. The van der Waals surface area contributed by atoms with Gasteiger partial charge in [-0.2, -0.15) is 0 Å². The molecule has 0 aliphatic heterocycles. The van der Waals surface area contributed by atoms with Gasteiger partial charge in [0.25, 0.3) is 0 Å². The number of nitrogens with two attached hydrogens (primary N) is 1. The Labute approximate surface area is 128 Å². The number of rotatable bonds is 6. The molecule has 0 saturated heterocycles. The van der Waals surface area contributed by atoms with E-state index in [1.54, 1.807) is 18.4 Å². The van der Waals surface area contributed by atoms with Gasteiger partial charge in [0.05, 0.1) is 6.26 Å². The number of nitrogens with zero attached hydrogens (tertiary/aromatic N) is 1. The van der Waals surface area contributed by atoms with Crippen molar-refractivity contribution < 1.29 is 9.62 Å². The summed E-state index contributed by atoms with van der Waals surface area (Å²) in [6, 6.07) is 9.42. The maximum Gasteiger partial charge on any atom is 0.170 e. The predicted molar refractivity (Wildman–Crippen MR) is 82.7 cm³/mol. The highest BCUT2D eigenvalue weighted by molar-refractivity contribution is 6.31. The molecule has 0 bridgehead atoms. The summed E-state index contributed by atoms with van der Waals surface area (Å²) in [5.41, 5.74) is 7.07. The summed E-state index contributed by atoms with van der Waals surface area (Å²) in [5, 5.41) is 15.6. The standard InChI is InChI=1S/C15H18ClN3O2/c1-10(7-13-3-2-6-21-13)18-9-12-5-4-11(8-14(12)16)15(17)19-20/h2-6,8,10,18,20H,7,9H2,1H3,(H2,17,19). The molecule has 1 heterocycles. The van der Waals surface area contributed by atoms with Crippen molar-refractivity contribution in [2.45, 2.75) is 25.9 Å². The van der Waals surface area contributed by atoms with Crippen molar-refractivity contribution in [3.8, 4) is 0 Å². The number of nitrogens with one attached hydrogen (secondary N) is 1. The first-order valence-corrected chi connectivity index (χ1v) is 7.00. The Hall–Kier alpha value is -1.98. The van der Waals surface area contributed by atoms with Crippen LogP contribution in [0, 0.1) is 0 Å². The van der Waals surface area contributed by atoms with Gasteiger partial charge in [0.2, 0.25) is 0 Å².